The molecule has 0 unspecified atom stereocenters. The topological polar surface area (TPSA) is 26.3 Å². The summed E-state index contributed by atoms with van der Waals surface area (Å²) in [4.78, 5) is 11.1. The standard InChI is InChI=1S/C11H11BrO2/c1-8(2)11(13)14-7-9-5-3-4-6-10(9)12/h3-6H,1,7H2,2H3. The normalized spacial score (nSPS) is 9.57. The highest BCUT2D eigenvalue weighted by atomic mass is 79.9. The van der Waals surface area contributed by atoms with Crippen molar-refractivity contribution in [2.24, 2.45) is 0 Å². The number of halogens is 1. The van der Waals surface area contributed by atoms with Crippen molar-refractivity contribution in [1.29, 1.82) is 0 Å². The lowest BCUT2D eigenvalue weighted by atomic mass is 10.2. The molecule has 0 saturated carbocycles. The van der Waals surface area contributed by atoms with Gasteiger partial charge in [0.2, 0.25) is 0 Å². The first-order valence-electron chi connectivity index (χ1n) is 4.17. The zero-order chi connectivity index (χ0) is 10.6. The van der Waals surface area contributed by atoms with Crippen LogP contribution in [0.25, 0.3) is 0 Å². The summed E-state index contributed by atoms with van der Waals surface area (Å²) in [5, 5.41) is 0. The van der Waals surface area contributed by atoms with Crippen LogP contribution in [0.3, 0.4) is 0 Å². The number of hydrogen-bond donors (Lipinski definition) is 0. The van der Waals surface area contributed by atoms with E-state index in [1.165, 1.54) is 0 Å². The lowest BCUT2D eigenvalue weighted by Gasteiger charge is -2.05. The summed E-state index contributed by atoms with van der Waals surface area (Å²) >= 11 is 3.37. The highest BCUT2D eigenvalue weighted by Gasteiger charge is 2.04. The Morgan fingerprint density at radius 2 is 2.14 bits per heavy atom. The highest BCUT2D eigenvalue weighted by Crippen LogP contribution is 2.16. The van der Waals surface area contributed by atoms with Crippen LogP contribution in [-0.4, -0.2) is 5.97 Å². The molecule has 0 amide bonds. The van der Waals surface area contributed by atoms with Crippen LogP contribution in [0.1, 0.15) is 12.5 Å². The van der Waals surface area contributed by atoms with Crippen LogP contribution in [0.4, 0.5) is 0 Å². The SMILES string of the molecule is C=C(C)C(=O)OCc1ccccc1Br. The molecule has 0 saturated heterocycles. The molecule has 3 heteroatoms. The molecule has 0 N–H and O–H groups in total. The van der Waals surface area contributed by atoms with E-state index in [1.807, 2.05) is 24.3 Å². The Kier molecular flexibility index (Phi) is 3.89. The number of hydrogen-bond acceptors (Lipinski definition) is 2. The molecule has 0 aliphatic rings. The summed E-state index contributed by atoms with van der Waals surface area (Å²) in [6, 6.07) is 7.61. The molecule has 0 atom stereocenters. The minimum absolute atomic E-state index is 0.271. The number of rotatable bonds is 3. The molecule has 0 aliphatic heterocycles. The molecular weight excluding hydrogens is 244 g/mol. The number of esters is 1. The predicted octanol–water partition coefficient (Wildman–Crippen LogP) is 3.07. The number of benzene rings is 1. The molecule has 2 nitrogen and oxygen atoms in total. The zero-order valence-corrected chi connectivity index (χ0v) is 9.50. The Labute approximate surface area is 91.7 Å². The first kappa shape index (κ1) is 11.0. The van der Waals surface area contributed by atoms with Gasteiger partial charge in [0, 0.05) is 15.6 Å². The van der Waals surface area contributed by atoms with Crippen molar-refractivity contribution < 1.29 is 9.53 Å². The molecule has 0 radical (unpaired) electrons. The maximum atomic E-state index is 11.1. The molecule has 0 aliphatic carbocycles. The van der Waals surface area contributed by atoms with Crippen molar-refractivity contribution in [3.05, 3.63) is 46.5 Å². The molecule has 0 heterocycles. The van der Waals surface area contributed by atoms with E-state index in [1.54, 1.807) is 6.92 Å². The molecule has 0 aromatic heterocycles. The quantitative estimate of drug-likeness (QED) is 0.612. The Hall–Kier alpha value is -1.09. The molecule has 0 bridgehead atoms. The third kappa shape index (κ3) is 3.00. The Morgan fingerprint density at radius 1 is 1.50 bits per heavy atom. The van der Waals surface area contributed by atoms with Gasteiger partial charge in [-0.05, 0) is 13.0 Å². The maximum absolute atomic E-state index is 11.1. The van der Waals surface area contributed by atoms with Crippen molar-refractivity contribution in [3.8, 4) is 0 Å². The van der Waals surface area contributed by atoms with Crippen molar-refractivity contribution >= 4 is 21.9 Å². The van der Waals surface area contributed by atoms with E-state index in [0.29, 0.717) is 5.57 Å². The van der Waals surface area contributed by atoms with Gasteiger partial charge in [-0.2, -0.15) is 0 Å². The van der Waals surface area contributed by atoms with Crippen LogP contribution in [0.5, 0.6) is 0 Å². The summed E-state index contributed by atoms with van der Waals surface area (Å²) in [5.74, 6) is -0.360. The fourth-order valence-corrected chi connectivity index (χ4v) is 1.28. The predicted molar refractivity (Wildman–Crippen MR) is 58.8 cm³/mol. The van der Waals surface area contributed by atoms with Crippen molar-refractivity contribution in [1.82, 2.24) is 0 Å². The third-order valence-electron chi connectivity index (χ3n) is 1.67. The number of carbonyl (C=O) groups excluding carboxylic acids is 1. The molecular formula is C11H11BrO2. The van der Waals surface area contributed by atoms with Crippen LogP contribution in [-0.2, 0) is 16.1 Å². The number of ether oxygens (including phenoxy) is 1. The van der Waals surface area contributed by atoms with Crippen LogP contribution >= 0.6 is 15.9 Å². The summed E-state index contributed by atoms with van der Waals surface area (Å²) < 4.78 is 5.94. The van der Waals surface area contributed by atoms with Crippen LogP contribution < -0.4 is 0 Å². The average Bonchev–Trinajstić information content (AvgIpc) is 2.16. The first-order valence-corrected chi connectivity index (χ1v) is 4.96. The largest absolute Gasteiger partial charge is 0.457 e. The summed E-state index contributed by atoms with van der Waals surface area (Å²) in [6.07, 6.45) is 0. The third-order valence-corrected chi connectivity index (χ3v) is 2.44. The van der Waals surface area contributed by atoms with E-state index in [-0.39, 0.29) is 12.6 Å². The Bertz CT molecular complexity index is 358. The minimum Gasteiger partial charge on any atom is -0.457 e. The summed E-state index contributed by atoms with van der Waals surface area (Å²) in [6.45, 7) is 5.40. The fourth-order valence-electron chi connectivity index (χ4n) is 0.882. The van der Waals surface area contributed by atoms with E-state index in [0.717, 1.165) is 10.0 Å². The van der Waals surface area contributed by atoms with Gasteiger partial charge in [-0.1, -0.05) is 40.7 Å². The van der Waals surface area contributed by atoms with Gasteiger partial charge in [0.15, 0.2) is 0 Å². The molecule has 0 fully saturated rings. The monoisotopic (exact) mass is 254 g/mol. The molecule has 74 valence electrons. The van der Waals surface area contributed by atoms with E-state index < -0.39 is 0 Å². The van der Waals surface area contributed by atoms with Gasteiger partial charge in [0.1, 0.15) is 6.61 Å². The second-order valence-corrected chi connectivity index (χ2v) is 3.80. The van der Waals surface area contributed by atoms with Crippen LogP contribution in [0, 0.1) is 0 Å². The fraction of sp³-hybridized carbons (Fsp3) is 0.182. The van der Waals surface area contributed by atoms with Gasteiger partial charge in [-0.3, -0.25) is 0 Å². The lowest BCUT2D eigenvalue weighted by Crippen LogP contribution is -2.05. The van der Waals surface area contributed by atoms with Gasteiger partial charge in [0.25, 0.3) is 0 Å². The summed E-state index contributed by atoms with van der Waals surface area (Å²) in [7, 11) is 0. The van der Waals surface area contributed by atoms with E-state index in [4.69, 9.17) is 4.74 Å². The van der Waals surface area contributed by atoms with Crippen molar-refractivity contribution in [2.45, 2.75) is 13.5 Å². The Balaban J connectivity index is 2.58. The first-order chi connectivity index (χ1) is 6.61. The molecule has 0 spiro atoms. The van der Waals surface area contributed by atoms with Gasteiger partial charge < -0.3 is 4.74 Å². The van der Waals surface area contributed by atoms with Crippen molar-refractivity contribution in [2.75, 3.05) is 0 Å². The Morgan fingerprint density at radius 3 is 2.71 bits per heavy atom. The molecule has 14 heavy (non-hydrogen) atoms. The number of carbonyl (C=O) groups is 1. The molecule has 1 aromatic rings. The smallest absolute Gasteiger partial charge is 0.333 e. The van der Waals surface area contributed by atoms with E-state index in [9.17, 15) is 4.79 Å². The van der Waals surface area contributed by atoms with E-state index >= 15 is 0 Å². The van der Waals surface area contributed by atoms with Crippen molar-refractivity contribution in [3.63, 3.8) is 0 Å². The second kappa shape index (κ2) is 4.96. The summed E-state index contributed by atoms with van der Waals surface area (Å²) in [5.41, 5.74) is 1.36. The zero-order valence-electron chi connectivity index (χ0n) is 7.92. The van der Waals surface area contributed by atoms with Gasteiger partial charge in [-0.25, -0.2) is 4.79 Å². The van der Waals surface area contributed by atoms with Gasteiger partial charge in [0.05, 0.1) is 0 Å². The second-order valence-electron chi connectivity index (χ2n) is 2.95. The highest BCUT2D eigenvalue weighted by molar-refractivity contribution is 9.10. The van der Waals surface area contributed by atoms with Crippen LogP contribution in [0.2, 0.25) is 0 Å². The van der Waals surface area contributed by atoms with Crippen LogP contribution in [0.15, 0.2) is 40.9 Å². The maximum Gasteiger partial charge on any atom is 0.333 e. The minimum atomic E-state index is -0.360. The van der Waals surface area contributed by atoms with Gasteiger partial charge >= 0.3 is 5.97 Å². The van der Waals surface area contributed by atoms with E-state index in [2.05, 4.69) is 22.5 Å². The average molecular weight is 255 g/mol. The van der Waals surface area contributed by atoms with Gasteiger partial charge in [-0.15, -0.1) is 0 Å². The molecule has 1 rings (SSSR count). The molecule has 1 aromatic carbocycles. The lowest BCUT2D eigenvalue weighted by molar-refractivity contribution is -0.140.